The van der Waals surface area contributed by atoms with Gasteiger partial charge in [0.1, 0.15) is 29.2 Å². The molecule has 2 unspecified atom stereocenters. The van der Waals surface area contributed by atoms with Crippen LogP contribution in [0.3, 0.4) is 0 Å². The van der Waals surface area contributed by atoms with Crippen molar-refractivity contribution in [3.8, 4) is 0 Å². The van der Waals surface area contributed by atoms with Gasteiger partial charge in [0, 0.05) is 12.0 Å². The summed E-state index contributed by atoms with van der Waals surface area (Å²) in [7, 11) is 0. The smallest absolute Gasteiger partial charge is 0.351 e. The number of carboxylic acid groups (broad SMARTS) is 1. The van der Waals surface area contributed by atoms with Crippen LogP contribution in [0.1, 0.15) is 13.3 Å². The third-order valence-electron chi connectivity index (χ3n) is 2.99. The van der Waals surface area contributed by atoms with Gasteiger partial charge in [0.05, 0.1) is 0 Å². The van der Waals surface area contributed by atoms with Crippen LogP contribution in [0.2, 0.25) is 0 Å². The minimum absolute atomic E-state index is 0.0274. The van der Waals surface area contributed by atoms with E-state index in [1.165, 1.54) is 6.08 Å². The maximum atomic E-state index is 13.8. The van der Waals surface area contributed by atoms with Crippen LogP contribution in [0.25, 0.3) is 0 Å². The van der Waals surface area contributed by atoms with Crippen molar-refractivity contribution in [2.75, 3.05) is 0 Å². The molecular formula is C13H12F3NO2. The summed E-state index contributed by atoms with van der Waals surface area (Å²) in [5.74, 6) is -4.07. The molecule has 3 nitrogen and oxygen atoms in total. The van der Waals surface area contributed by atoms with Gasteiger partial charge in [-0.2, -0.15) is 0 Å². The van der Waals surface area contributed by atoms with Crippen LogP contribution in [0.4, 0.5) is 13.2 Å². The van der Waals surface area contributed by atoms with Gasteiger partial charge in [-0.3, -0.25) is 0 Å². The molecule has 1 heterocycles. The number of hydrogen-bond donors (Lipinski definition) is 2. The standard InChI is InChI=1S/C13H12F3NO2/c1-6-4-8(15)11(9(16)5-6)12-7(14)2-3-10(17-12)13(18)19/h2-4,6,12,17H,5H2,1H3,(H,18,19). The molecule has 0 saturated carbocycles. The van der Waals surface area contributed by atoms with E-state index in [2.05, 4.69) is 5.32 Å². The molecule has 2 N–H and O–H groups in total. The Morgan fingerprint density at radius 3 is 2.63 bits per heavy atom. The Kier molecular flexibility index (Phi) is 3.50. The zero-order valence-electron chi connectivity index (χ0n) is 10.1. The van der Waals surface area contributed by atoms with Crippen molar-refractivity contribution >= 4 is 5.97 Å². The summed E-state index contributed by atoms with van der Waals surface area (Å²) in [5, 5.41) is 11.1. The number of halogens is 3. The summed E-state index contributed by atoms with van der Waals surface area (Å²) in [6.07, 6.45) is 3.09. The lowest BCUT2D eigenvalue weighted by atomic mass is 9.90. The second-order valence-corrected chi connectivity index (χ2v) is 4.53. The molecule has 1 aliphatic heterocycles. The number of dihydropyridines is 1. The number of carbonyl (C=O) groups is 1. The van der Waals surface area contributed by atoms with E-state index >= 15 is 0 Å². The van der Waals surface area contributed by atoms with Crippen LogP contribution in [0.15, 0.2) is 47.0 Å². The summed E-state index contributed by atoms with van der Waals surface area (Å²) in [6, 6.07) is -1.43. The third kappa shape index (κ3) is 2.57. The van der Waals surface area contributed by atoms with Gasteiger partial charge in [0.15, 0.2) is 0 Å². The van der Waals surface area contributed by atoms with Gasteiger partial charge in [0.25, 0.3) is 0 Å². The van der Waals surface area contributed by atoms with Gasteiger partial charge in [-0.1, -0.05) is 6.92 Å². The van der Waals surface area contributed by atoms with Crippen LogP contribution >= 0.6 is 0 Å². The molecule has 102 valence electrons. The first kappa shape index (κ1) is 13.5. The van der Waals surface area contributed by atoms with E-state index < -0.39 is 35.1 Å². The molecule has 6 heteroatoms. The lowest BCUT2D eigenvalue weighted by Crippen LogP contribution is -2.37. The predicted molar refractivity (Wildman–Crippen MR) is 62.9 cm³/mol. The fraction of sp³-hybridized carbons (Fsp3) is 0.308. The molecular weight excluding hydrogens is 259 g/mol. The number of hydrogen-bond acceptors (Lipinski definition) is 2. The van der Waals surface area contributed by atoms with Crippen molar-refractivity contribution in [1.29, 1.82) is 0 Å². The zero-order chi connectivity index (χ0) is 14.2. The summed E-state index contributed by atoms with van der Waals surface area (Å²) in [5.41, 5.74) is -0.767. The van der Waals surface area contributed by atoms with Crippen molar-refractivity contribution in [1.82, 2.24) is 5.32 Å². The van der Waals surface area contributed by atoms with Gasteiger partial charge in [-0.15, -0.1) is 0 Å². The minimum Gasteiger partial charge on any atom is -0.477 e. The predicted octanol–water partition coefficient (Wildman–Crippen LogP) is 2.90. The maximum Gasteiger partial charge on any atom is 0.351 e. The molecule has 0 amide bonds. The number of allylic oxidation sites excluding steroid dienone is 4. The first-order valence-corrected chi connectivity index (χ1v) is 5.73. The quantitative estimate of drug-likeness (QED) is 0.812. The minimum atomic E-state index is -1.43. The van der Waals surface area contributed by atoms with Gasteiger partial charge in [-0.25, -0.2) is 18.0 Å². The van der Waals surface area contributed by atoms with Crippen LogP contribution in [0, 0.1) is 5.92 Å². The van der Waals surface area contributed by atoms with E-state index in [9.17, 15) is 18.0 Å². The molecule has 2 aliphatic rings. The molecule has 0 bridgehead atoms. The van der Waals surface area contributed by atoms with Crippen molar-refractivity contribution < 1.29 is 23.1 Å². The van der Waals surface area contributed by atoms with Gasteiger partial charge in [0.2, 0.25) is 0 Å². The second-order valence-electron chi connectivity index (χ2n) is 4.53. The van der Waals surface area contributed by atoms with Gasteiger partial charge < -0.3 is 10.4 Å². The Balaban J connectivity index is 2.36. The highest BCUT2D eigenvalue weighted by molar-refractivity contribution is 5.87. The highest BCUT2D eigenvalue weighted by Crippen LogP contribution is 2.35. The molecule has 0 aromatic rings. The zero-order valence-corrected chi connectivity index (χ0v) is 10.1. The Morgan fingerprint density at radius 1 is 1.37 bits per heavy atom. The summed E-state index contributed by atoms with van der Waals surface area (Å²) >= 11 is 0. The Bertz CT molecular complexity index is 546. The fourth-order valence-electron chi connectivity index (χ4n) is 2.09. The van der Waals surface area contributed by atoms with Crippen LogP contribution < -0.4 is 5.32 Å². The van der Waals surface area contributed by atoms with Gasteiger partial charge >= 0.3 is 5.97 Å². The Labute approximate surface area is 107 Å². The molecule has 2 rings (SSSR count). The van der Waals surface area contributed by atoms with Crippen molar-refractivity contribution in [3.05, 3.63) is 47.0 Å². The summed E-state index contributed by atoms with van der Waals surface area (Å²) in [6.45, 7) is 1.64. The lowest BCUT2D eigenvalue weighted by molar-refractivity contribution is -0.133. The maximum absolute atomic E-state index is 13.8. The fourth-order valence-corrected chi connectivity index (χ4v) is 2.09. The first-order valence-electron chi connectivity index (χ1n) is 5.73. The topological polar surface area (TPSA) is 49.3 Å². The molecule has 19 heavy (non-hydrogen) atoms. The van der Waals surface area contributed by atoms with Crippen molar-refractivity contribution in [2.45, 2.75) is 19.4 Å². The van der Waals surface area contributed by atoms with Gasteiger partial charge in [-0.05, 0) is 24.1 Å². The molecule has 0 radical (unpaired) electrons. The highest BCUT2D eigenvalue weighted by atomic mass is 19.1. The lowest BCUT2D eigenvalue weighted by Gasteiger charge is -2.26. The largest absolute Gasteiger partial charge is 0.477 e. The molecule has 1 aliphatic carbocycles. The first-order chi connectivity index (χ1) is 8.90. The van der Waals surface area contributed by atoms with Crippen LogP contribution in [-0.4, -0.2) is 17.1 Å². The number of carboxylic acids is 1. The summed E-state index contributed by atoms with van der Waals surface area (Å²) < 4.78 is 41.3. The normalized spacial score (nSPS) is 27.3. The van der Waals surface area contributed by atoms with E-state index in [4.69, 9.17) is 5.11 Å². The Hall–Kier alpha value is -1.98. The monoisotopic (exact) mass is 271 g/mol. The average Bonchev–Trinajstić information content (AvgIpc) is 2.29. The number of aliphatic carboxylic acids is 1. The Morgan fingerprint density at radius 2 is 2.05 bits per heavy atom. The number of nitrogens with one attached hydrogen (secondary N) is 1. The third-order valence-corrected chi connectivity index (χ3v) is 2.99. The molecule has 0 fully saturated rings. The summed E-state index contributed by atoms with van der Waals surface area (Å²) in [4.78, 5) is 10.8. The average molecular weight is 271 g/mol. The van der Waals surface area contributed by atoms with Crippen molar-refractivity contribution in [2.24, 2.45) is 5.92 Å². The van der Waals surface area contributed by atoms with Crippen LogP contribution in [-0.2, 0) is 4.79 Å². The molecule has 0 aromatic carbocycles. The SMILES string of the molecule is CC1C=C(F)C(C2NC(C(=O)O)=CC=C2F)=C(F)C1. The van der Waals surface area contributed by atoms with E-state index in [0.717, 1.165) is 12.2 Å². The van der Waals surface area contributed by atoms with E-state index in [-0.39, 0.29) is 18.0 Å². The molecule has 0 aromatic heterocycles. The highest BCUT2D eigenvalue weighted by Gasteiger charge is 2.32. The molecule has 0 saturated heterocycles. The van der Waals surface area contributed by atoms with E-state index in [1.54, 1.807) is 6.92 Å². The number of rotatable bonds is 2. The van der Waals surface area contributed by atoms with Crippen molar-refractivity contribution in [3.63, 3.8) is 0 Å². The van der Waals surface area contributed by atoms with E-state index in [0.29, 0.717) is 0 Å². The molecule has 0 spiro atoms. The van der Waals surface area contributed by atoms with E-state index in [1.807, 2.05) is 0 Å². The molecule has 2 atom stereocenters. The van der Waals surface area contributed by atoms with Crippen LogP contribution in [0.5, 0.6) is 0 Å². The second kappa shape index (κ2) is 4.95.